The first-order chi connectivity index (χ1) is 14.5. The van der Waals surface area contributed by atoms with Crippen molar-refractivity contribution in [1.29, 1.82) is 0 Å². The van der Waals surface area contributed by atoms with Gasteiger partial charge in [0.1, 0.15) is 11.5 Å². The molecule has 0 aliphatic carbocycles. The molecule has 7 heteroatoms. The fourth-order valence-corrected chi connectivity index (χ4v) is 4.36. The van der Waals surface area contributed by atoms with Gasteiger partial charge in [0.2, 0.25) is 5.91 Å². The number of nitrogens with one attached hydrogen (secondary N) is 1. The lowest BCUT2D eigenvalue weighted by atomic mass is 9.96. The van der Waals surface area contributed by atoms with Crippen LogP contribution in [-0.2, 0) is 4.79 Å². The molecule has 158 valence electrons. The fraction of sp³-hybridized carbons (Fsp3) is 0.391. The minimum Gasteiger partial charge on any atom is -0.370 e. The number of anilines is 2. The summed E-state index contributed by atoms with van der Waals surface area (Å²) in [5, 5.41) is 3.39. The Morgan fingerprint density at radius 2 is 1.73 bits per heavy atom. The highest BCUT2D eigenvalue weighted by atomic mass is 35.5. The third kappa shape index (κ3) is 4.43. The van der Waals surface area contributed by atoms with Gasteiger partial charge in [-0.25, -0.2) is 4.39 Å². The van der Waals surface area contributed by atoms with Crippen molar-refractivity contribution in [2.24, 2.45) is 5.92 Å². The van der Waals surface area contributed by atoms with Crippen LogP contribution in [0.5, 0.6) is 0 Å². The summed E-state index contributed by atoms with van der Waals surface area (Å²) < 4.78 is 14.6. The molecule has 2 aliphatic heterocycles. The lowest BCUT2D eigenvalue weighted by molar-refractivity contribution is -0.121. The number of amides is 2. The normalized spacial score (nSPS) is 19.1. The third-order valence-corrected chi connectivity index (χ3v) is 6.11. The highest BCUT2D eigenvalue weighted by Crippen LogP contribution is 2.32. The summed E-state index contributed by atoms with van der Waals surface area (Å²) in [6.45, 7) is 2.64. The molecule has 0 spiro atoms. The van der Waals surface area contributed by atoms with E-state index in [2.05, 4.69) is 10.2 Å². The average molecular weight is 430 g/mol. The Balaban J connectivity index is 1.46. The van der Waals surface area contributed by atoms with E-state index in [1.165, 1.54) is 6.07 Å². The second-order valence-electron chi connectivity index (χ2n) is 7.91. The van der Waals surface area contributed by atoms with E-state index in [0.29, 0.717) is 30.1 Å². The van der Waals surface area contributed by atoms with Gasteiger partial charge in [0.25, 0.3) is 5.91 Å². The first kappa shape index (κ1) is 20.7. The van der Waals surface area contributed by atoms with Crippen LogP contribution in [0.2, 0.25) is 5.02 Å². The summed E-state index contributed by atoms with van der Waals surface area (Å²) >= 11 is 5.90. The van der Waals surface area contributed by atoms with Gasteiger partial charge in [0.15, 0.2) is 0 Å². The Bertz CT molecular complexity index is 929. The molecular formula is C23H25ClFN3O2. The van der Waals surface area contributed by atoms with Crippen molar-refractivity contribution < 1.29 is 14.0 Å². The van der Waals surface area contributed by atoms with Gasteiger partial charge in [0, 0.05) is 36.8 Å². The Labute approximate surface area is 180 Å². The molecule has 2 fully saturated rings. The number of para-hydroxylation sites is 1. The van der Waals surface area contributed by atoms with E-state index in [9.17, 15) is 14.0 Å². The Morgan fingerprint density at radius 1 is 1.00 bits per heavy atom. The van der Waals surface area contributed by atoms with Gasteiger partial charge >= 0.3 is 0 Å². The van der Waals surface area contributed by atoms with E-state index in [1.54, 1.807) is 35.2 Å². The molecular weight excluding hydrogens is 405 g/mol. The molecule has 0 radical (unpaired) electrons. The van der Waals surface area contributed by atoms with Crippen molar-refractivity contribution in [3.8, 4) is 0 Å². The molecule has 0 aromatic heterocycles. The van der Waals surface area contributed by atoms with Crippen LogP contribution in [0, 0.1) is 11.7 Å². The number of carbonyl (C=O) groups is 2. The van der Waals surface area contributed by atoms with Crippen LogP contribution in [0.3, 0.4) is 0 Å². The van der Waals surface area contributed by atoms with Gasteiger partial charge in [-0.1, -0.05) is 17.7 Å². The number of carbonyl (C=O) groups excluding carboxylic acids is 2. The molecule has 2 aromatic carbocycles. The zero-order valence-corrected chi connectivity index (χ0v) is 17.5. The van der Waals surface area contributed by atoms with Gasteiger partial charge in [0.05, 0.1) is 11.6 Å². The van der Waals surface area contributed by atoms with E-state index < -0.39 is 5.82 Å². The maximum Gasteiger partial charge on any atom is 0.253 e. The van der Waals surface area contributed by atoms with Crippen LogP contribution in [0.4, 0.5) is 15.8 Å². The molecule has 4 rings (SSSR count). The summed E-state index contributed by atoms with van der Waals surface area (Å²) in [6, 6.07) is 11.6. The largest absolute Gasteiger partial charge is 0.370 e. The molecule has 1 N–H and O–H groups in total. The first-order valence-electron chi connectivity index (χ1n) is 10.4. The molecule has 2 aliphatic rings. The lowest BCUT2D eigenvalue weighted by Crippen LogP contribution is -2.44. The van der Waals surface area contributed by atoms with Crippen LogP contribution in [0.1, 0.15) is 36.0 Å². The van der Waals surface area contributed by atoms with Crippen molar-refractivity contribution in [2.45, 2.75) is 25.7 Å². The number of piperidine rings is 1. The van der Waals surface area contributed by atoms with Crippen LogP contribution < -0.4 is 10.2 Å². The lowest BCUT2D eigenvalue weighted by Gasteiger charge is -2.32. The number of halogens is 2. The van der Waals surface area contributed by atoms with E-state index in [0.717, 1.165) is 38.0 Å². The van der Waals surface area contributed by atoms with E-state index in [-0.39, 0.29) is 23.4 Å². The van der Waals surface area contributed by atoms with Crippen molar-refractivity contribution in [2.75, 3.05) is 36.4 Å². The summed E-state index contributed by atoms with van der Waals surface area (Å²) in [6.07, 6.45) is 3.53. The fourth-order valence-electron chi connectivity index (χ4n) is 4.23. The molecule has 30 heavy (non-hydrogen) atoms. The van der Waals surface area contributed by atoms with E-state index >= 15 is 0 Å². The van der Waals surface area contributed by atoms with Crippen molar-refractivity contribution >= 4 is 34.8 Å². The number of hydrogen-bond donors (Lipinski definition) is 1. The van der Waals surface area contributed by atoms with Crippen molar-refractivity contribution in [3.05, 3.63) is 58.9 Å². The minimum atomic E-state index is -0.433. The molecule has 2 amide bonds. The zero-order chi connectivity index (χ0) is 21.1. The van der Waals surface area contributed by atoms with Crippen LogP contribution in [-0.4, -0.2) is 42.9 Å². The number of likely N-dealkylation sites (tertiary alicyclic amines) is 1. The summed E-state index contributed by atoms with van der Waals surface area (Å²) in [5.74, 6) is -1.17. The molecule has 2 saturated heterocycles. The summed E-state index contributed by atoms with van der Waals surface area (Å²) in [5.41, 5.74) is 1.52. The second kappa shape index (κ2) is 9.04. The predicted molar refractivity (Wildman–Crippen MR) is 117 cm³/mol. The van der Waals surface area contributed by atoms with Gasteiger partial charge in [-0.05, 0) is 62.1 Å². The topological polar surface area (TPSA) is 52.7 Å². The highest BCUT2D eigenvalue weighted by molar-refractivity contribution is 6.30. The molecule has 1 unspecified atom stereocenters. The molecule has 5 nitrogen and oxygen atoms in total. The Kier molecular flexibility index (Phi) is 6.23. The summed E-state index contributed by atoms with van der Waals surface area (Å²) in [4.78, 5) is 29.6. The molecule has 1 atom stereocenters. The number of benzene rings is 2. The molecule has 2 aromatic rings. The molecule has 2 heterocycles. The zero-order valence-electron chi connectivity index (χ0n) is 16.7. The maximum atomic E-state index is 14.6. The average Bonchev–Trinajstić information content (AvgIpc) is 3.30. The van der Waals surface area contributed by atoms with Crippen molar-refractivity contribution in [1.82, 2.24) is 4.90 Å². The Hall–Kier alpha value is -2.60. The second-order valence-corrected chi connectivity index (χ2v) is 8.35. The van der Waals surface area contributed by atoms with Crippen molar-refractivity contribution in [3.63, 3.8) is 0 Å². The van der Waals surface area contributed by atoms with Crippen LogP contribution in [0.25, 0.3) is 0 Å². The van der Waals surface area contributed by atoms with E-state index in [4.69, 9.17) is 11.6 Å². The standard InChI is InChI=1S/C23H25ClFN3O2/c24-18-10-8-16(9-11-18)23(30)28-14-4-5-17(15-28)22(29)26-21-19(25)6-3-7-20(21)27-12-1-2-13-27/h3,6-11,17H,1-2,4-5,12-15H2,(H,26,29). The maximum absolute atomic E-state index is 14.6. The summed E-state index contributed by atoms with van der Waals surface area (Å²) in [7, 11) is 0. The highest BCUT2D eigenvalue weighted by Gasteiger charge is 2.30. The predicted octanol–water partition coefficient (Wildman–Crippen LogP) is 4.57. The number of nitrogens with zero attached hydrogens (tertiary/aromatic N) is 2. The number of hydrogen-bond acceptors (Lipinski definition) is 3. The van der Waals surface area contributed by atoms with Gasteiger partial charge in [-0.2, -0.15) is 0 Å². The molecule has 0 saturated carbocycles. The molecule has 0 bridgehead atoms. The van der Waals surface area contributed by atoms with Gasteiger partial charge in [-0.3, -0.25) is 9.59 Å². The van der Waals surface area contributed by atoms with Gasteiger partial charge < -0.3 is 15.1 Å². The minimum absolute atomic E-state index is 0.118. The van der Waals surface area contributed by atoms with Gasteiger partial charge in [-0.15, -0.1) is 0 Å². The van der Waals surface area contributed by atoms with Crippen LogP contribution >= 0.6 is 11.6 Å². The third-order valence-electron chi connectivity index (χ3n) is 5.86. The first-order valence-corrected chi connectivity index (χ1v) is 10.8. The van der Waals surface area contributed by atoms with Crippen LogP contribution in [0.15, 0.2) is 42.5 Å². The monoisotopic (exact) mass is 429 g/mol. The number of rotatable bonds is 4. The SMILES string of the molecule is O=C(Nc1c(F)cccc1N1CCCC1)C1CCCN(C(=O)c2ccc(Cl)cc2)C1. The van der Waals surface area contributed by atoms with E-state index in [1.807, 2.05) is 6.07 Å². The quantitative estimate of drug-likeness (QED) is 0.774. The Morgan fingerprint density at radius 3 is 2.47 bits per heavy atom. The smallest absolute Gasteiger partial charge is 0.253 e.